The Morgan fingerprint density at radius 3 is 2.62 bits per heavy atom. The van der Waals surface area contributed by atoms with Gasteiger partial charge in [-0.25, -0.2) is 4.79 Å². The van der Waals surface area contributed by atoms with E-state index in [0.717, 1.165) is 25.7 Å². The standard InChI is InChI=1S/C17H29N3O5Si/c1-26(2)25-14(10-6-4-3-5-7-10)15-12(21)13(22)16(24-15)20-9-8-11(18)19-17(20)23/h8-10,12-16,21-22,26H,3-7H2,1-2H3,(H2,18,19,23). The predicted octanol–water partition coefficient (Wildman–Crippen LogP) is 0.394. The van der Waals surface area contributed by atoms with Crippen LogP contribution in [0.15, 0.2) is 17.1 Å². The van der Waals surface area contributed by atoms with Crippen LogP contribution in [0.1, 0.15) is 38.3 Å². The molecule has 0 amide bonds. The lowest BCUT2D eigenvalue weighted by molar-refractivity contribution is -0.0983. The first kappa shape index (κ1) is 19.5. The Morgan fingerprint density at radius 1 is 1.31 bits per heavy atom. The third-order valence-electron chi connectivity index (χ3n) is 5.27. The number of ether oxygens (including phenoxy) is 1. The van der Waals surface area contributed by atoms with Gasteiger partial charge in [0.15, 0.2) is 15.3 Å². The highest BCUT2D eigenvalue weighted by Gasteiger charge is 2.49. The number of rotatable bonds is 5. The van der Waals surface area contributed by atoms with Gasteiger partial charge in [0, 0.05) is 6.20 Å². The van der Waals surface area contributed by atoms with Gasteiger partial charge in [-0.05, 0) is 37.9 Å². The van der Waals surface area contributed by atoms with Gasteiger partial charge in [-0.2, -0.15) is 4.98 Å². The fourth-order valence-corrected chi connectivity index (χ4v) is 5.05. The molecule has 5 atom stereocenters. The Morgan fingerprint density at radius 2 is 2.00 bits per heavy atom. The van der Waals surface area contributed by atoms with E-state index in [9.17, 15) is 15.0 Å². The van der Waals surface area contributed by atoms with Crippen molar-refractivity contribution in [3.63, 3.8) is 0 Å². The van der Waals surface area contributed by atoms with E-state index in [0.29, 0.717) is 5.92 Å². The minimum atomic E-state index is -1.38. The zero-order valence-corrected chi connectivity index (χ0v) is 16.5. The molecule has 2 fully saturated rings. The number of hydrogen-bond donors (Lipinski definition) is 3. The summed E-state index contributed by atoms with van der Waals surface area (Å²) in [6, 6.07) is 1.47. The first-order chi connectivity index (χ1) is 12.4. The fraction of sp³-hybridized carbons (Fsp3) is 0.765. The minimum Gasteiger partial charge on any atom is -0.415 e. The van der Waals surface area contributed by atoms with E-state index >= 15 is 0 Å². The van der Waals surface area contributed by atoms with Gasteiger partial charge in [-0.1, -0.05) is 19.3 Å². The second-order valence-electron chi connectivity index (χ2n) is 7.56. The Hall–Kier alpha value is -1.26. The maximum Gasteiger partial charge on any atom is 0.351 e. The SMILES string of the molecule is C[SiH](C)OC(C1CCCCC1)C1OC(n2ccc(N)nc2=O)C(O)C1O. The lowest BCUT2D eigenvalue weighted by Crippen LogP contribution is -2.46. The summed E-state index contributed by atoms with van der Waals surface area (Å²) < 4.78 is 13.4. The summed E-state index contributed by atoms with van der Waals surface area (Å²) in [4.78, 5) is 15.8. The van der Waals surface area contributed by atoms with Crippen molar-refractivity contribution in [2.24, 2.45) is 5.92 Å². The Balaban J connectivity index is 1.84. The number of nitrogen functional groups attached to an aromatic ring is 1. The molecular weight excluding hydrogens is 354 g/mol. The molecule has 8 nitrogen and oxygen atoms in total. The van der Waals surface area contributed by atoms with Gasteiger partial charge in [0.05, 0.1) is 6.10 Å². The van der Waals surface area contributed by atoms with Crippen LogP contribution >= 0.6 is 0 Å². The van der Waals surface area contributed by atoms with Crippen molar-refractivity contribution in [1.29, 1.82) is 0 Å². The lowest BCUT2D eigenvalue weighted by atomic mass is 9.82. The number of nitrogens with zero attached hydrogens (tertiary/aromatic N) is 2. The molecule has 1 aliphatic heterocycles. The molecule has 1 aromatic rings. The van der Waals surface area contributed by atoms with Crippen LogP contribution in [0.4, 0.5) is 5.82 Å². The van der Waals surface area contributed by atoms with Crippen LogP contribution in [0.25, 0.3) is 0 Å². The van der Waals surface area contributed by atoms with Crippen molar-refractivity contribution < 1.29 is 19.4 Å². The Kier molecular flexibility index (Phi) is 6.13. The molecule has 0 spiro atoms. The molecule has 3 rings (SSSR count). The van der Waals surface area contributed by atoms with Gasteiger partial charge in [-0.15, -0.1) is 0 Å². The molecule has 4 N–H and O–H groups in total. The van der Waals surface area contributed by atoms with Crippen molar-refractivity contribution in [3.05, 3.63) is 22.7 Å². The van der Waals surface area contributed by atoms with Gasteiger partial charge in [-0.3, -0.25) is 4.57 Å². The monoisotopic (exact) mass is 383 g/mol. The molecule has 146 valence electrons. The molecule has 1 saturated carbocycles. The number of aliphatic hydroxyl groups is 2. The van der Waals surface area contributed by atoms with Crippen molar-refractivity contribution in [2.45, 2.75) is 75.8 Å². The van der Waals surface area contributed by atoms with E-state index in [2.05, 4.69) is 18.1 Å². The van der Waals surface area contributed by atoms with E-state index in [1.54, 1.807) is 0 Å². The van der Waals surface area contributed by atoms with Crippen molar-refractivity contribution in [2.75, 3.05) is 5.73 Å². The molecule has 26 heavy (non-hydrogen) atoms. The predicted molar refractivity (Wildman–Crippen MR) is 99.2 cm³/mol. The lowest BCUT2D eigenvalue weighted by Gasteiger charge is -2.36. The summed E-state index contributed by atoms with van der Waals surface area (Å²) in [5.41, 5.74) is 4.91. The average Bonchev–Trinajstić information content (AvgIpc) is 2.89. The van der Waals surface area contributed by atoms with Gasteiger partial charge >= 0.3 is 5.69 Å². The molecule has 2 aliphatic rings. The second-order valence-corrected chi connectivity index (χ2v) is 9.93. The third-order valence-corrected chi connectivity index (χ3v) is 6.13. The van der Waals surface area contributed by atoms with Gasteiger partial charge < -0.3 is 25.1 Å². The van der Waals surface area contributed by atoms with E-state index < -0.39 is 39.3 Å². The second kappa shape index (κ2) is 8.18. The first-order valence-corrected chi connectivity index (χ1v) is 12.2. The molecule has 0 radical (unpaired) electrons. The Bertz CT molecular complexity index is 664. The smallest absolute Gasteiger partial charge is 0.351 e. The van der Waals surface area contributed by atoms with Crippen LogP contribution in [-0.4, -0.2) is 53.2 Å². The summed E-state index contributed by atoms with van der Waals surface area (Å²) in [5, 5.41) is 21.2. The number of nitrogens with two attached hydrogens (primary N) is 1. The molecule has 2 heterocycles. The van der Waals surface area contributed by atoms with Crippen molar-refractivity contribution in [1.82, 2.24) is 9.55 Å². The number of anilines is 1. The highest BCUT2D eigenvalue weighted by Crippen LogP contribution is 2.38. The molecule has 0 aromatic carbocycles. The van der Waals surface area contributed by atoms with Gasteiger partial charge in [0.25, 0.3) is 0 Å². The van der Waals surface area contributed by atoms with Crippen molar-refractivity contribution in [3.8, 4) is 0 Å². The van der Waals surface area contributed by atoms with E-state index in [1.165, 1.54) is 23.3 Å². The van der Waals surface area contributed by atoms with Crippen LogP contribution in [0, 0.1) is 5.92 Å². The molecule has 9 heteroatoms. The zero-order valence-electron chi connectivity index (χ0n) is 15.3. The Labute approximate surface area is 154 Å². The number of aromatic nitrogens is 2. The van der Waals surface area contributed by atoms with Gasteiger partial charge in [0.1, 0.15) is 24.1 Å². The largest absolute Gasteiger partial charge is 0.415 e. The first-order valence-electron chi connectivity index (χ1n) is 9.40. The van der Waals surface area contributed by atoms with Crippen LogP contribution in [0.2, 0.25) is 13.1 Å². The summed E-state index contributed by atoms with van der Waals surface area (Å²) in [6.45, 7) is 4.17. The highest BCUT2D eigenvalue weighted by atomic mass is 28.3. The number of aliphatic hydroxyl groups excluding tert-OH is 2. The minimum absolute atomic E-state index is 0.102. The molecule has 1 aliphatic carbocycles. The molecular formula is C17H29N3O5Si. The molecule has 1 saturated heterocycles. The van der Waals surface area contributed by atoms with E-state index in [1.807, 2.05) is 0 Å². The summed E-state index contributed by atoms with van der Waals surface area (Å²) >= 11 is 0. The topological polar surface area (TPSA) is 120 Å². The maximum atomic E-state index is 12.1. The quantitative estimate of drug-likeness (QED) is 0.629. The number of hydrogen-bond acceptors (Lipinski definition) is 7. The average molecular weight is 384 g/mol. The van der Waals surface area contributed by atoms with Crippen molar-refractivity contribution >= 4 is 14.9 Å². The maximum absolute atomic E-state index is 12.1. The van der Waals surface area contributed by atoms with Gasteiger partial charge in [0.2, 0.25) is 0 Å². The van der Waals surface area contributed by atoms with E-state index in [4.69, 9.17) is 14.9 Å². The zero-order chi connectivity index (χ0) is 18.8. The van der Waals surface area contributed by atoms with E-state index in [-0.39, 0.29) is 11.9 Å². The molecule has 0 bridgehead atoms. The molecule has 5 unspecified atom stereocenters. The molecule has 1 aromatic heterocycles. The summed E-state index contributed by atoms with van der Waals surface area (Å²) in [6.07, 6.45) is 2.70. The third kappa shape index (κ3) is 4.01. The summed E-state index contributed by atoms with van der Waals surface area (Å²) in [7, 11) is -1.38. The summed E-state index contributed by atoms with van der Waals surface area (Å²) in [5.74, 6) is 0.399. The van der Waals surface area contributed by atoms with Crippen LogP contribution < -0.4 is 11.4 Å². The normalized spacial score (nSPS) is 31.4. The van der Waals surface area contributed by atoms with Crippen LogP contribution in [0.3, 0.4) is 0 Å². The van der Waals surface area contributed by atoms with Crippen LogP contribution in [0.5, 0.6) is 0 Å². The fourth-order valence-electron chi connectivity index (χ4n) is 4.04. The highest BCUT2D eigenvalue weighted by molar-refractivity contribution is 6.48. The van der Waals surface area contributed by atoms with Crippen LogP contribution in [-0.2, 0) is 9.16 Å².